The third-order valence-electron chi connectivity index (χ3n) is 5.17. The van der Waals surface area contributed by atoms with Crippen LogP contribution in [0.4, 0.5) is 11.4 Å². The van der Waals surface area contributed by atoms with Gasteiger partial charge in [-0.25, -0.2) is 0 Å². The second-order valence-corrected chi connectivity index (χ2v) is 6.90. The predicted molar refractivity (Wildman–Crippen MR) is 105 cm³/mol. The van der Waals surface area contributed by atoms with Gasteiger partial charge in [0, 0.05) is 24.0 Å². The Morgan fingerprint density at radius 2 is 1.52 bits per heavy atom. The second kappa shape index (κ2) is 9.59. The van der Waals surface area contributed by atoms with Gasteiger partial charge in [-0.15, -0.1) is 0 Å². The fraction of sp³-hybridized carbons (Fsp3) is 0.455. The second-order valence-electron chi connectivity index (χ2n) is 6.90. The fourth-order valence-electron chi connectivity index (χ4n) is 3.77. The highest BCUT2D eigenvalue weighted by atomic mass is 16.3. The summed E-state index contributed by atoms with van der Waals surface area (Å²) in [4.78, 5) is 4.89. The number of benzene rings is 2. The molecule has 1 aliphatic rings. The first-order chi connectivity index (χ1) is 12.4. The molecule has 0 aromatic heterocycles. The Morgan fingerprint density at radius 3 is 2.12 bits per heavy atom. The molecule has 25 heavy (non-hydrogen) atoms. The Bertz CT molecular complexity index is 562. The van der Waals surface area contributed by atoms with E-state index >= 15 is 0 Å². The molecule has 3 rings (SSSR count). The van der Waals surface area contributed by atoms with Gasteiger partial charge in [0.1, 0.15) is 0 Å². The highest BCUT2D eigenvalue weighted by molar-refractivity contribution is 5.62. The van der Waals surface area contributed by atoms with Crippen LogP contribution in [0.5, 0.6) is 0 Å². The van der Waals surface area contributed by atoms with Crippen LogP contribution in [-0.2, 0) is 0 Å². The van der Waals surface area contributed by atoms with Crippen molar-refractivity contribution >= 4 is 11.4 Å². The number of rotatable bonds is 8. The molecule has 0 bridgehead atoms. The summed E-state index contributed by atoms with van der Waals surface area (Å²) in [7, 11) is 0. The Morgan fingerprint density at radius 1 is 0.880 bits per heavy atom. The van der Waals surface area contributed by atoms with Crippen LogP contribution in [0.25, 0.3) is 0 Å². The van der Waals surface area contributed by atoms with Gasteiger partial charge in [0.05, 0.1) is 6.61 Å². The molecule has 3 nitrogen and oxygen atoms in total. The smallest absolute Gasteiger partial charge is 0.0586 e. The summed E-state index contributed by atoms with van der Waals surface area (Å²) < 4.78 is 0. The molecular weight excluding hydrogens is 308 g/mol. The minimum Gasteiger partial charge on any atom is -0.395 e. The van der Waals surface area contributed by atoms with Crippen molar-refractivity contribution in [3.63, 3.8) is 0 Å². The maximum Gasteiger partial charge on any atom is 0.0586 e. The summed E-state index contributed by atoms with van der Waals surface area (Å²) in [5.74, 6) is 0. The lowest BCUT2D eigenvalue weighted by molar-refractivity contribution is 0.0889. The minimum atomic E-state index is 0.306. The Kier molecular flexibility index (Phi) is 6.89. The number of nitrogens with zero attached hydrogens (tertiary/aromatic N) is 2. The summed E-state index contributed by atoms with van der Waals surface area (Å²) in [5, 5.41) is 9.55. The maximum atomic E-state index is 9.55. The van der Waals surface area contributed by atoms with Gasteiger partial charge in [-0.2, -0.15) is 0 Å². The van der Waals surface area contributed by atoms with E-state index < -0.39 is 0 Å². The minimum absolute atomic E-state index is 0.306. The number of aliphatic hydroxyl groups excluding tert-OH is 1. The van der Waals surface area contributed by atoms with Crippen molar-refractivity contribution in [1.29, 1.82) is 0 Å². The molecular formula is C22H30N2O. The normalized spacial score (nSPS) is 18.2. The number of likely N-dealkylation sites (tertiary alicyclic amines) is 1. The first-order valence-electron chi connectivity index (χ1n) is 9.61. The standard InChI is InChI=1S/C22H30N2O/c25-19-22-15-7-8-16-23(22)17-9-10-18-24(20-11-3-1-4-12-20)21-13-5-2-6-14-21/h1-6,11-14,22,25H,7-10,15-19H2. The van der Waals surface area contributed by atoms with E-state index in [2.05, 4.69) is 70.5 Å². The SMILES string of the molecule is OCC1CCCCN1CCCCN(c1ccccc1)c1ccccc1. The molecule has 1 N–H and O–H groups in total. The topological polar surface area (TPSA) is 26.7 Å². The molecule has 1 heterocycles. The largest absolute Gasteiger partial charge is 0.395 e. The lowest BCUT2D eigenvalue weighted by Crippen LogP contribution is -2.42. The van der Waals surface area contributed by atoms with Crippen LogP contribution in [0.3, 0.4) is 0 Å². The molecule has 3 heteroatoms. The molecule has 1 aliphatic heterocycles. The number of aliphatic hydroxyl groups is 1. The maximum absolute atomic E-state index is 9.55. The van der Waals surface area contributed by atoms with Crippen molar-refractivity contribution in [2.24, 2.45) is 0 Å². The average Bonchev–Trinajstić information content (AvgIpc) is 2.69. The third-order valence-corrected chi connectivity index (χ3v) is 5.17. The molecule has 1 fully saturated rings. The number of anilines is 2. The molecule has 0 radical (unpaired) electrons. The van der Waals surface area contributed by atoms with E-state index in [1.54, 1.807) is 0 Å². The molecule has 2 aromatic rings. The molecule has 134 valence electrons. The van der Waals surface area contributed by atoms with E-state index in [-0.39, 0.29) is 0 Å². The van der Waals surface area contributed by atoms with E-state index in [0.29, 0.717) is 12.6 Å². The molecule has 0 amide bonds. The van der Waals surface area contributed by atoms with E-state index in [4.69, 9.17) is 0 Å². The van der Waals surface area contributed by atoms with Gasteiger partial charge in [-0.05, 0) is 63.0 Å². The van der Waals surface area contributed by atoms with Crippen molar-refractivity contribution in [2.45, 2.75) is 38.1 Å². The zero-order valence-electron chi connectivity index (χ0n) is 15.1. The van der Waals surface area contributed by atoms with Gasteiger partial charge in [0.15, 0.2) is 0 Å². The highest BCUT2D eigenvalue weighted by Crippen LogP contribution is 2.25. The molecule has 2 aromatic carbocycles. The molecule has 1 saturated heterocycles. The van der Waals surface area contributed by atoms with Gasteiger partial charge >= 0.3 is 0 Å². The molecule has 0 saturated carbocycles. The van der Waals surface area contributed by atoms with Crippen molar-refractivity contribution in [3.05, 3.63) is 60.7 Å². The van der Waals surface area contributed by atoms with Crippen LogP contribution >= 0.6 is 0 Å². The quantitative estimate of drug-likeness (QED) is 0.720. The number of hydrogen-bond donors (Lipinski definition) is 1. The van der Waals surface area contributed by atoms with Crippen LogP contribution in [0.1, 0.15) is 32.1 Å². The summed E-state index contributed by atoms with van der Waals surface area (Å²) in [6.45, 7) is 3.57. The van der Waals surface area contributed by atoms with Crippen LogP contribution in [0, 0.1) is 0 Å². The van der Waals surface area contributed by atoms with E-state index in [1.165, 1.54) is 30.6 Å². The Labute approximate surface area is 151 Å². The number of unbranched alkanes of at least 4 members (excludes halogenated alkanes) is 1. The molecule has 1 unspecified atom stereocenters. The number of para-hydroxylation sites is 2. The fourth-order valence-corrected chi connectivity index (χ4v) is 3.77. The van der Waals surface area contributed by atoms with Gasteiger partial charge in [-0.1, -0.05) is 42.8 Å². The summed E-state index contributed by atoms with van der Waals surface area (Å²) in [6, 6.07) is 21.6. The van der Waals surface area contributed by atoms with Crippen LogP contribution < -0.4 is 4.90 Å². The van der Waals surface area contributed by atoms with E-state index in [0.717, 1.165) is 32.5 Å². The van der Waals surface area contributed by atoms with E-state index in [9.17, 15) is 5.11 Å². The lowest BCUT2D eigenvalue weighted by Gasteiger charge is -2.34. The van der Waals surface area contributed by atoms with Crippen LogP contribution in [0.2, 0.25) is 0 Å². The van der Waals surface area contributed by atoms with Crippen molar-refractivity contribution in [3.8, 4) is 0 Å². The first-order valence-corrected chi connectivity index (χ1v) is 9.61. The monoisotopic (exact) mass is 338 g/mol. The Hall–Kier alpha value is -1.84. The highest BCUT2D eigenvalue weighted by Gasteiger charge is 2.20. The van der Waals surface area contributed by atoms with Crippen LogP contribution in [-0.4, -0.2) is 42.3 Å². The zero-order valence-corrected chi connectivity index (χ0v) is 15.1. The van der Waals surface area contributed by atoms with Crippen molar-refractivity contribution in [1.82, 2.24) is 4.90 Å². The van der Waals surface area contributed by atoms with Crippen LogP contribution in [0.15, 0.2) is 60.7 Å². The lowest BCUT2D eigenvalue weighted by atomic mass is 10.0. The van der Waals surface area contributed by atoms with E-state index in [1.807, 2.05) is 0 Å². The van der Waals surface area contributed by atoms with Gasteiger partial charge in [0.2, 0.25) is 0 Å². The van der Waals surface area contributed by atoms with Gasteiger partial charge in [-0.3, -0.25) is 4.90 Å². The van der Waals surface area contributed by atoms with Crippen molar-refractivity contribution < 1.29 is 5.11 Å². The Balaban J connectivity index is 1.56. The van der Waals surface area contributed by atoms with Gasteiger partial charge in [0.25, 0.3) is 0 Å². The number of piperidine rings is 1. The molecule has 1 atom stereocenters. The molecule has 0 spiro atoms. The molecule has 0 aliphatic carbocycles. The van der Waals surface area contributed by atoms with Gasteiger partial charge < -0.3 is 10.0 Å². The summed E-state index contributed by atoms with van der Waals surface area (Å²) in [5.41, 5.74) is 2.50. The third kappa shape index (κ3) is 5.07. The zero-order chi connectivity index (χ0) is 17.3. The average molecular weight is 338 g/mol. The number of hydrogen-bond acceptors (Lipinski definition) is 3. The summed E-state index contributed by atoms with van der Waals surface area (Å²) >= 11 is 0. The summed E-state index contributed by atoms with van der Waals surface area (Å²) in [6.07, 6.45) is 6.01. The van der Waals surface area contributed by atoms with Crippen molar-refractivity contribution in [2.75, 3.05) is 31.1 Å². The predicted octanol–water partition coefficient (Wildman–Crippen LogP) is 4.45. The first kappa shape index (κ1) is 18.0.